The Hall–Kier alpha value is -2.36. The fourth-order valence-corrected chi connectivity index (χ4v) is 1.71. The Labute approximate surface area is 110 Å². The molecule has 0 aliphatic carbocycles. The number of benzene rings is 2. The number of amides is 1. The molecule has 2 rings (SSSR count). The second-order valence-corrected chi connectivity index (χ2v) is 4.17. The molecular formula is C15H14FNO2. The molecule has 3 nitrogen and oxygen atoms in total. The monoisotopic (exact) mass is 259 g/mol. The van der Waals surface area contributed by atoms with Gasteiger partial charge < -0.3 is 10.4 Å². The van der Waals surface area contributed by atoms with E-state index in [0.29, 0.717) is 5.69 Å². The molecule has 0 saturated heterocycles. The molecule has 0 radical (unpaired) electrons. The Kier molecular flexibility index (Phi) is 3.80. The number of nitrogens with one attached hydrogen (secondary N) is 1. The van der Waals surface area contributed by atoms with E-state index in [-0.39, 0.29) is 11.3 Å². The van der Waals surface area contributed by atoms with Crippen molar-refractivity contribution in [2.45, 2.75) is 13.3 Å². The number of aryl methyl sites for hydroxylation is 1. The molecule has 2 aromatic rings. The smallest absolute Gasteiger partial charge is 0.258 e. The van der Waals surface area contributed by atoms with Gasteiger partial charge in [0.2, 0.25) is 0 Å². The molecule has 0 aliphatic heterocycles. The summed E-state index contributed by atoms with van der Waals surface area (Å²) >= 11 is 0. The molecule has 98 valence electrons. The summed E-state index contributed by atoms with van der Waals surface area (Å²) in [5.74, 6) is -1.49. The maximum atomic E-state index is 13.5. The van der Waals surface area contributed by atoms with Crippen LogP contribution in [0.3, 0.4) is 0 Å². The molecule has 4 heteroatoms. The number of hydrogen-bond donors (Lipinski definition) is 2. The minimum absolute atomic E-state index is 0.0997. The Balaban J connectivity index is 2.15. The molecule has 0 saturated carbocycles. The Morgan fingerprint density at radius 3 is 2.47 bits per heavy atom. The highest BCUT2D eigenvalue weighted by atomic mass is 19.1. The standard InChI is InChI=1S/C15H14FNO2/c1-2-10-3-5-11(6-4-10)17-15(19)13-8-7-12(18)9-14(13)16/h3-9,18H,2H2,1H3,(H,17,19). The normalized spacial score (nSPS) is 10.2. The highest BCUT2D eigenvalue weighted by Crippen LogP contribution is 2.17. The zero-order chi connectivity index (χ0) is 13.8. The van der Waals surface area contributed by atoms with Crippen LogP contribution in [0.4, 0.5) is 10.1 Å². The molecule has 0 heterocycles. The molecule has 2 N–H and O–H groups in total. The minimum atomic E-state index is -0.748. The summed E-state index contributed by atoms with van der Waals surface area (Å²) in [6, 6.07) is 10.8. The van der Waals surface area contributed by atoms with Gasteiger partial charge in [-0.15, -0.1) is 0 Å². The largest absolute Gasteiger partial charge is 0.508 e. The van der Waals surface area contributed by atoms with Crippen molar-refractivity contribution < 1.29 is 14.3 Å². The van der Waals surface area contributed by atoms with E-state index in [2.05, 4.69) is 5.32 Å². The fourth-order valence-electron chi connectivity index (χ4n) is 1.71. The van der Waals surface area contributed by atoms with Crippen LogP contribution in [0.5, 0.6) is 5.75 Å². The number of anilines is 1. The molecular weight excluding hydrogens is 245 g/mol. The SMILES string of the molecule is CCc1ccc(NC(=O)c2ccc(O)cc2F)cc1. The number of halogens is 1. The van der Waals surface area contributed by atoms with E-state index in [1.54, 1.807) is 12.1 Å². The molecule has 2 aromatic carbocycles. The van der Waals surface area contributed by atoms with Crippen LogP contribution < -0.4 is 5.32 Å². The van der Waals surface area contributed by atoms with Crippen molar-refractivity contribution in [3.63, 3.8) is 0 Å². The number of phenolic OH excluding ortho intramolecular Hbond substituents is 1. The minimum Gasteiger partial charge on any atom is -0.508 e. The Bertz CT molecular complexity index is 594. The average Bonchev–Trinajstić information content (AvgIpc) is 2.39. The van der Waals surface area contributed by atoms with Gasteiger partial charge in [-0.1, -0.05) is 19.1 Å². The summed E-state index contributed by atoms with van der Waals surface area (Å²) in [5.41, 5.74) is 1.67. The summed E-state index contributed by atoms with van der Waals surface area (Å²) < 4.78 is 13.5. The first-order valence-corrected chi connectivity index (χ1v) is 5.99. The van der Waals surface area contributed by atoms with E-state index < -0.39 is 11.7 Å². The van der Waals surface area contributed by atoms with E-state index in [1.165, 1.54) is 12.1 Å². The molecule has 0 spiro atoms. The first kappa shape index (κ1) is 13.1. The van der Waals surface area contributed by atoms with Crippen LogP contribution in [-0.4, -0.2) is 11.0 Å². The van der Waals surface area contributed by atoms with Crippen LogP contribution in [0.15, 0.2) is 42.5 Å². The first-order chi connectivity index (χ1) is 9.10. The van der Waals surface area contributed by atoms with Gasteiger partial charge in [0, 0.05) is 11.8 Å². The molecule has 0 atom stereocenters. The number of phenols is 1. The lowest BCUT2D eigenvalue weighted by molar-refractivity contribution is 0.102. The molecule has 0 aromatic heterocycles. The Morgan fingerprint density at radius 1 is 1.21 bits per heavy atom. The van der Waals surface area contributed by atoms with Gasteiger partial charge in [-0.2, -0.15) is 0 Å². The third kappa shape index (κ3) is 3.10. The second-order valence-electron chi connectivity index (χ2n) is 4.17. The van der Waals surface area contributed by atoms with Gasteiger partial charge in [-0.3, -0.25) is 4.79 Å². The van der Waals surface area contributed by atoms with E-state index in [4.69, 9.17) is 5.11 Å². The number of aromatic hydroxyl groups is 1. The van der Waals surface area contributed by atoms with Crippen LogP contribution >= 0.6 is 0 Å². The molecule has 19 heavy (non-hydrogen) atoms. The van der Waals surface area contributed by atoms with Crippen molar-refractivity contribution >= 4 is 11.6 Å². The number of hydrogen-bond acceptors (Lipinski definition) is 2. The van der Waals surface area contributed by atoms with Gasteiger partial charge in [0.1, 0.15) is 11.6 Å². The van der Waals surface area contributed by atoms with Crippen molar-refractivity contribution in [3.8, 4) is 5.75 Å². The zero-order valence-corrected chi connectivity index (χ0v) is 10.5. The van der Waals surface area contributed by atoms with E-state index in [9.17, 15) is 9.18 Å². The lowest BCUT2D eigenvalue weighted by Gasteiger charge is -2.07. The highest BCUT2D eigenvalue weighted by Gasteiger charge is 2.12. The molecule has 0 aliphatic rings. The molecule has 1 amide bonds. The van der Waals surface area contributed by atoms with Crippen LogP contribution in [-0.2, 0) is 6.42 Å². The molecule has 0 fully saturated rings. The van der Waals surface area contributed by atoms with Gasteiger partial charge in [-0.05, 0) is 36.2 Å². The quantitative estimate of drug-likeness (QED) is 0.888. The van der Waals surface area contributed by atoms with Gasteiger partial charge in [0.15, 0.2) is 0 Å². The maximum absolute atomic E-state index is 13.5. The second kappa shape index (κ2) is 5.52. The van der Waals surface area contributed by atoms with Crippen molar-refractivity contribution in [1.29, 1.82) is 0 Å². The zero-order valence-electron chi connectivity index (χ0n) is 10.5. The van der Waals surface area contributed by atoms with E-state index >= 15 is 0 Å². The van der Waals surface area contributed by atoms with Crippen molar-refractivity contribution in [2.24, 2.45) is 0 Å². The van der Waals surface area contributed by atoms with Crippen molar-refractivity contribution in [3.05, 3.63) is 59.4 Å². The van der Waals surface area contributed by atoms with Crippen molar-refractivity contribution in [2.75, 3.05) is 5.32 Å². The van der Waals surface area contributed by atoms with Gasteiger partial charge >= 0.3 is 0 Å². The molecule has 0 bridgehead atoms. The Morgan fingerprint density at radius 2 is 1.89 bits per heavy atom. The summed E-state index contributed by atoms with van der Waals surface area (Å²) in [7, 11) is 0. The first-order valence-electron chi connectivity index (χ1n) is 5.99. The van der Waals surface area contributed by atoms with Crippen molar-refractivity contribution in [1.82, 2.24) is 0 Å². The van der Waals surface area contributed by atoms with Crippen LogP contribution in [0.1, 0.15) is 22.8 Å². The lowest BCUT2D eigenvalue weighted by atomic mass is 10.1. The summed E-state index contributed by atoms with van der Waals surface area (Å²) in [4.78, 5) is 11.9. The predicted molar refractivity (Wildman–Crippen MR) is 71.8 cm³/mol. The average molecular weight is 259 g/mol. The third-order valence-corrected chi connectivity index (χ3v) is 2.82. The maximum Gasteiger partial charge on any atom is 0.258 e. The van der Waals surface area contributed by atoms with E-state index in [0.717, 1.165) is 18.1 Å². The highest BCUT2D eigenvalue weighted by molar-refractivity contribution is 6.04. The van der Waals surface area contributed by atoms with Gasteiger partial charge in [0.25, 0.3) is 5.91 Å². The van der Waals surface area contributed by atoms with Gasteiger partial charge in [-0.25, -0.2) is 4.39 Å². The van der Waals surface area contributed by atoms with Crippen LogP contribution in [0, 0.1) is 5.82 Å². The number of carbonyl (C=O) groups excluding carboxylic acids is 1. The lowest BCUT2D eigenvalue weighted by Crippen LogP contribution is -2.13. The number of carbonyl (C=O) groups is 1. The summed E-state index contributed by atoms with van der Waals surface area (Å²) in [6.07, 6.45) is 0.917. The van der Waals surface area contributed by atoms with Crippen LogP contribution in [0.25, 0.3) is 0 Å². The predicted octanol–water partition coefficient (Wildman–Crippen LogP) is 3.35. The van der Waals surface area contributed by atoms with E-state index in [1.807, 2.05) is 19.1 Å². The topological polar surface area (TPSA) is 49.3 Å². The third-order valence-electron chi connectivity index (χ3n) is 2.82. The van der Waals surface area contributed by atoms with Crippen LogP contribution in [0.2, 0.25) is 0 Å². The fraction of sp³-hybridized carbons (Fsp3) is 0.133. The van der Waals surface area contributed by atoms with Gasteiger partial charge in [0.05, 0.1) is 5.56 Å². The molecule has 0 unspecified atom stereocenters. The number of rotatable bonds is 3. The summed E-state index contributed by atoms with van der Waals surface area (Å²) in [6.45, 7) is 2.04. The summed E-state index contributed by atoms with van der Waals surface area (Å²) in [5, 5.41) is 11.7.